The molecule has 0 saturated carbocycles. The number of alkyl halides is 3. The Kier molecular flexibility index (Phi) is 5.02. The third kappa shape index (κ3) is 3.79. The van der Waals surface area contributed by atoms with Crippen molar-refractivity contribution in [2.75, 3.05) is 0 Å². The van der Waals surface area contributed by atoms with E-state index in [-0.39, 0.29) is 24.1 Å². The highest BCUT2D eigenvalue weighted by Gasteiger charge is 2.49. The number of piperidine rings is 1. The molecule has 4 heterocycles. The van der Waals surface area contributed by atoms with Gasteiger partial charge in [0, 0.05) is 18.2 Å². The monoisotopic (exact) mass is 457 g/mol. The van der Waals surface area contributed by atoms with E-state index in [4.69, 9.17) is 0 Å². The van der Waals surface area contributed by atoms with Gasteiger partial charge in [0.05, 0.1) is 24.5 Å². The first-order valence-corrected chi connectivity index (χ1v) is 10.3. The number of likely N-dealkylation sites (tertiary alicyclic amines) is 1. The quantitative estimate of drug-likeness (QED) is 0.524. The van der Waals surface area contributed by atoms with Gasteiger partial charge in [-0.05, 0) is 26.0 Å². The van der Waals surface area contributed by atoms with Crippen molar-refractivity contribution in [1.82, 2.24) is 34.9 Å². The molecule has 4 unspecified atom stereocenters. The van der Waals surface area contributed by atoms with Crippen LogP contribution in [0, 0.1) is 6.92 Å². The van der Waals surface area contributed by atoms with E-state index < -0.39 is 18.0 Å². The Hall–Kier alpha value is -3.56. The number of aliphatic imine (C=N–C) groups is 1. The maximum absolute atomic E-state index is 12.8. The number of pyridine rings is 1. The maximum atomic E-state index is 12.8. The zero-order valence-electron chi connectivity index (χ0n) is 17.7. The molecule has 12 heteroatoms. The Balaban J connectivity index is 1.42. The highest BCUT2D eigenvalue weighted by atomic mass is 19.4. The van der Waals surface area contributed by atoms with Gasteiger partial charge in [0.25, 0.3) is 0 Å². The summed E-state index contributed by atoms with van der Waals surface area (Å²) in [5.41, 5.74) is 1.79. The van der Waals surface area contributed by atoms with Gasteiger partial charge in [0.15, 0.2) is 17.7 Å². The Bertz CT molecular complexity index is 1250. The van der Waals surface area contributed by atoms with Crippen LogP contribution in [0.15, 0.2) is 46.7 Å². The number of nitrogens with zero attached hydrogens (tertiary/aromatic N) is 7. The van der Waals surface area contributed by atoms with Gasteiger partial charge in [-0.2, -0.15) is 28.0 Å². The lowest BCUT2D eigenvalue weighted by Gasteiger charge is -2.39. The fourth-order valence-corrected chi connectivity index (χ4v) is 4.42. The molecule has 0 aromatic carbocycles. The third-order valence-electron chi connectivity index (χ3n) is 6.00. The van der Waals surface area contributed by atoms with Crippen LogP contribution < -0.4 is 9.98 Å². The fraction of sp³-hybridized carbons (Fsp3) is 0.381. The van der Waals surface area contributed by atoms with Crippen molar-refractivity contribution in [1.29, 1.82) is 0 Å². The SMILES string of the molecule is Cc1ccc(-n2nccn2)c(C(O)N2C(C)C3=CC2C(NC2=[N+]=C=C(C(F)(F)F)C=N2)C3)n1. The highest BCUT2D eigenvalue weighted by Crippen LogP contribution is 2.42. The number of fused-ring (bicyclic) bond motifs is 1. The van der Waals surface area contributed by atoms with Gasteiger partial charge in [-0.3, -0.25) is 15.2 Å². The molecular weight excluding hydrogens is 437 g/mol. The van der Waals surface area contributed by atoms with Crippen LogP contribution in [0.5, 0.6) is 0 Å². The molecule has 2 aromatic heterocycles. The second-order valence-electron chi connectivity index (χ2n) is 8.08. The molecule has 0 saturated heterocycles. The minimum atomic E-state index is -4.55. The molecule has 2 bridgehead atoms. The molecule has 5 rings (SSSR count). The third-order valence-corrected chi connectivity index (χ3v) is 6.00. The van der Waals surface area contributed by atoms with Crippen LogP contribution in [0.2, 0.25) is 0 Å². The van der Waals surface area contributed by atoms with Crippen LogP contribution in [-0.4, -0.2) is 72.3 Å². The lowest BCUT2D eigenvalue weighted by atomic mass is 9.98. The van der Waals surface area contributed by atoms with Crippen molar-refractivity contribution < 1.29 is 18.3 Å². The lowest BCUT2D eigenvalue weighted by molar-refractivity contribution is -0.0841. The number of aliphatic hydroxyl groups is 1. The zero-order chi connectivity index (χ0) is 23.3. The lowest BCUT2D eigenvalue weighted by Crippen LogP contribution is -2.54. The summed E-state index contributed by atoms with van der Waals surface area (Å²) in [5, 5.41) is 22.8. The van der Waals surface area contributed by atoms with Gasteiger partial charge in [0.1, 0.15) is 17.6 Å². The van der Waals surface area contributed by atoms with E-state index in [0.29, 0.717) is 24.0 Å². The average molecular weight is 457 g/mol. The molecule has 2 N–H and O–H groups in total. The van der Waals surface area contributed by atoms with Crippen molar-refractivity contribution in [3.63, 3.8) is 0 Å². The van der Waals surface area contributed by atoms with E-state index in [1.54, 1.807) is 18.5 Å². The van der Waals surface area contributed by atoms with Gasteiger partial charge in [-0.25, -0.2) is 0 Å². The van der Waals surface area contributed by atoms with Gasteiger partial charge in [-0.1, -0.05) is 16.6 Å². The minimum Gasteiger partial charge on any atom is -0.372 e. The Morgan fingerprint density at radius 2 is 2.03 bits per heavy atom. The van der Waals surface area contributed by atoms with Crippen molar-refractivity contribution in [3.05, 3.63) is 53.1 Å². The molecule has 3 aliphatic rings. The smallest absolute Gasteiger partial charge is 0.372 e. The number of aliphatic hydroxyl groups excluding tert-OH is 1. The molecule has 0 amide bonds. The van der Waals surface area contributed by atoms with E-state index in [1.165, 1.54) is 4.80 Å². The highest BCUT2D eigenvalue weighted by molar-refractivity contribution is 6.03. The summed E-state index contributed by atoms with van der Waals surface area (Å²) < 4.78 is 42.0. The molecule has 9 nitrogen and oxygen atoms in total. The summed E-state index contributed by atoms with van der Waals surface area (Å²) >= 11 is 0. The Morgan fingerprint density at radius 3 is 2.67 bits per heavy atom. The predicted octanol–water partition coefficient (Wildman–Crippen LogP) is 0.989. The molecular formula is C21H20F3N8O+. The normalized spacial score (nSPS) is 25.2. The Morgan fingerprint density at radius 1 is 1.27 bits per heavy atom. The van der Waals surface area contributed by atoms with Crippen LogP contribution in [0.25, 0.3) is 5.69 Å². The largest absolute Gasteiger partial charge is 0.489 e. The van der Waals surface area contributed by atoms with Crippen molar-refractivity contribution in [2.45, 2.75) is 50.8 Å². The van der Waals surface area contributed by atoms with E-state index in [9.17, 15) is 18.3 Å². The molecule has 0 radical (unpaired) electrons. The molecule has 2 aliphatic heterocycles. The van der Waals surface area contributed by atoms with Gasteiger partial charge >= 0.3 is 12.1 Å². The topological polar surface area (TPSA) is 106 Å². The second kappa shape index (κ2) is 7.79. The van der Waals surface area contributed by atoms with Crippen LogP contribution in [0.4, 0.5) is 13.2 Å². The van der Waals surface area contributed by atoms with Gasteiger partial charge < -0.3 is 5.11 Å². The molecule has 4 atom stereocenters. The van der Waals surface area contributed by atoms with Crippen LogP contribution >= 0.6 is 0 Å². The van der Waals surface area contributed by atoms with Crippen LogP contribution in [-0.2, 0) is 0 Å². The fourth-order valence-electron chi connectivity index (χ4n) is 4.42. The first-order valence-electron chi connectivity index (χ1n) is 10.3. The molecule has 2 aromatic rings. The van der Waals surface area contributed by atoms with Crippen molar-refractivity contribution in [3.8, 4) is 5.69 Å². The number of aromatic nitrogens is 4. The first-order chi connectivity index (χ1) is 15.7. The number of halogens is 3. The molecule has 0 fully saturated rings. The number of hydrogen-bond donors (Lipinski definition) is 2. The molecule has 0 spiro atoms. The maximum Gasteiger partial charge on any atom is 0.489 e. The summed E-state index contributed by atoms with van der Waals surface area (Å²) in [6.07, 6.45) is 0.892. The van der Waals surface area contributed by atoms with Crippen molar-refractivity contribution >= 4 is 18.0 Å². The number of guanidine groups is 1. The number of rotatable bonds is 4. The molecule has 170 valence electrons. The first kappa shape index (κ1) is 21.3. The van der Waals surface area contributed by atoms with Crippen molar-refractivity contribution in [2.24, 2.45) is 4.99 Å². The number of aryl methyl sites for hydroxylation is 1. The van der Waals surface area contributed by atoms with Gasteiger partial charge in [0.2, 0.25) is 0 Å². The van der Waals surface area contributed by atoms with Crippen LogP contribution in [0.1, 0.15) is 31.0 Å². The average Bonchev–Trinajstić information content (AvgIpc) is 3.50. The van der Waals surface area contributed by atoms with E-state index in [0.717, 1.165) is 11.3 Å². The molecule has 33 heavy (non-hydrogen) atoms. The molecule has 1 aliphatic carbocycles. The van der Waals surface area contributed by atoms with E-state index in [2.05, 4.69) is 36.2 Å². The number of hydrogen-bond acceptors (Lipinski definition) is 7. The zero-order valence-corrected chi connectivity index (χ0v) is 17.7. The minimum absolute atomic E-state index is 0.0479. The predicted molar refractivity (Wildman–Crippen MR) is 114 cm³/mol. The number of nitrogens with one attached hydrogen (secondary N) is 1. The van der Waals surface area contributed by atoms with E-state index in [1.807, 2.05) is 30.7 Å². The second-order valence-corrected chi connectivity index (χ2v) is 8.08. The summed E-state index contributed by atoms with van der Waals surface area (Å²) in [5.74, 6) is 2.03. The summed E-state index contributed by atoms with van der Waals surface area (Å²) in [7, 11) is 0. The number of allylic oxidation sites excluding steroid dienone is 1. The summed E-state index contributed by atoms with van der Waals surface area (Å²) in [4.78, 5) is 11.7. The Labute approximate surface area is 186 Å². The van der Waals surface area contributed by atoms with E-state index >= 15 is 0 Å². The van der Waals surface area contributed by atoms with Gasteiger partial charge in [-0.15, -0.1) is 4.80 Å². The summed E-state index contributed by atoms with van der Waals surface area (Å²) in [6, 6.07) is 3.10. The standard InChI is InChI=1S/C21H19F3N8O/c1-11-3-4-16(32-27-5-6-28-32)18(29-11)19(33)31-12(2)13-7-15(17(31)8-13)30-20-25-9-14(10-26-20)21(22,23)24/h3-6,8-9,12,15,17,19,33H,7H2,1-2H3/p+1. The van der Waals surface area contributed by atoms with Crippen LogP contribution in [0.3, 0.4) is 0 Å². The summed E-state index contributed by atoms with van der Waals surface area (Å²) in [6.45, 7) is 3.83.